The maximum Gasteiger partial charge on any atom is 0.340 e. The number of piperazine rings is 1. The molecule has 2 heterocycles. The number of benzene rings is 1. The quantitative estimate of drug-likeness (QED) is 0.761. The number of nitrogens with zero attached hydrogens (tertiary/aromatic N) is 2. The molecule has 1 N–H and O–H groups in total. The number of furan rings is 1. The van der Waals surface area contributed by atoms with Crippen LogP contribution in [0.2, 0.25) is 0 Å². The maximum atomic E-state index is 12.4. The zero-order chi connectivity index (χ0) is 20.8. The smallest absolute Gasteiger partial charge is 0.340 e. The van der Waals surface area contributed by atoms with E-state index >= 15 is 0 Å². The monoisotopic (exact) mass is 399 g/mol. The molecule has 29 heavy (non-hydrogen) atoms. The van der Waals surface area contributed by atoms with Gasteiger partial charge < -0.3 is 24.3 Å². The summed E-state index contributed by atoms with van der Waals surface area (Å²) < 4.78 is 10.2. The molecule has 0 aliphatic carbocycles. The lowest BCUT2D eigenvalue weighted by atomic mass is 10.1. The second-order valence-electron chi connectivity index (χ2n) is 6.44. The Bertz CT molecular complexity index is 901. The van der Waals surface area contributed by atoms with E-state index in [1.807, 2.05) is 0 Å². The molecule has 0 atom stereocenters. The van der Waals surface area contributed by atoms with Crippen LogP contribution in [0.1, 0.15) is 27.8 Å². The molecule has 9 heteroatoms. The number of hydrogen-bond acceptors (Lipinski definition) is 6. The lowest BCUT2D eigenvalue weighted by molar-refractivity contribution is -0.140. The molecule has 152 valence electrons. The van der Waals surface area contributed by atoms with Gasteiger partial charge in [0.15, 0.2) is 12.4 Å². The summed E-state index contributed by atoms with van der Waals surface area (Å²) >= 11 is 0. The summed E-state index contributed by atoms with van der Waals surface area (Å²) in [5.74, 6) is -1.49. The highest BCUT2D eigenvalue weighted by Crippen LogP contribution is 2.18. The van der Waals surface area contributed by atoms with Crippen molar-refractivity contribution in [2.45, 2.75) is 6.92 Å². The van der Waals surface area contributed by atoms with Crippen LogP contribution in [0.25, 0.3) is 0 Å². The minimum atomic E-state index is -0.726. The minimum Gasteiger partial charge on any atom is -0.459 e. The molecular weight excluding hydrogens is 378 g/mol. The standard InChI is InChI=1S/C20H21N3O6/c1-14(24)22-8-10-23(11-9-22)18(25)13-29-20(27)15-5-2-3-6-16(15)21-19(26)17-7-4-12-28-17/h2-7,12H,8-11,13H2,1H3,(H,21,26). The van der Waals surface area contributed by atoms with Gasteiger partial charge in [0.2, 0.25) is 5.91 Å². The summed E-state index contributed by atoms with van der Waals surface area (Å²) in [6, 6.07) is 9.42. The fourth-order valence-electron chi connectivity index (χ4n) is 2.93. The second-order valence-corrected chi connectivity index (χ2v) is 6.44. The highest BCUT2D eigenvalue weighted by molar-refractivity contribution is 6.06. The summed E-state index contributed by atoms with van der Waals surface area (Å²) in [6.07, 6.45) is 1.37. The van der Waals surface area contributed by atoms with Crippen LogP contribution in [0.4, 0.5) is 5.69 Å². The van der Waals surface area contributed by atoms with Gasteiger partial charge in [-0.2, -0.15) is 0 Å². The van der Waals surface area contributed by atoms with Crippen molar-refractivity contribution in [3.63, 3.8) is 0 Å². The van der Waals surface area contributed by atoms with E-state index in [4.69, 9.17) is 9.15 Å². The number of esters is 1. The number of rotatable bonds is 5. The first-order valence-corrected chi connectivity index (χ1v) is 9.10. The highest BCUT2D eigenvalue weighted by atomic mass is 16.5. The number of ether oxygens (including phenoxy) is 1. The number of carbonyl (C=O) groups excluding carboxylic acids is 4. The van der Waals surface area contributed by atoms with Crippen LogP contribution in [0.5, 0.6) is 0 Å². The first-order valence-electron chi connectivity index (χ1n) is 9.10. The third-order valence-corrected chi connectivity index (χ3v) is 4.54. The molecule has 0 unspecified atom stereocenters. The predicted octanol–water partition coefficient (Wildman–Crippen LogP) is 1.38. The molecule has 1 saturated heterocycles. The lowest BCUT2D eigenvalue weighted by Gasteiger charge is -2.34. The van der Waals surface area contributed by atoms with E-state index in [0.717, 1.165) is 0 Å². The van der Waals surface area contributed by atoms with Crippen molar-refractivity contribution in [3.05, 3.63) is 54.0 Å². The van der Waals surface area contributed by atoms with Gasteiger partial charge in [-0.3, -0.25) is 14.4 Å². The Kier molecular flexibility index (Phi) is 6.28. The average molecular weight is 399 g/mol. The Morgan fingerprint density at radius 3 is 2.34 bits per heavy atom. The Hall–Kier alpha value is -3.62. The highest BCUT2D eigenvalue weighted by Gasteiger charge is 2.24. The summed E-state index contributed by atoms with van der Waals surface area (Å²) in [5.41, 5.74) is 0.378. The zero-order valence-electron chi connectivity index (χ0n) is 15.9. The van der Waals surface area contributed by atoms with Crippen LogP contribution < -0.4 is 5.32 Å². The fourth-order valence-corrected chi connectivity index (χ4v) is 2.93. The average Bonchev–Trinajstić information content (AvgIpc) is 3.27. The third-order valence-electron chi connectivity index (χ3n) is 4.54. The van der Waals surface area contributed by atoms with Crippen molar-refractivity contribution in [2.75, 3.05) is 38.1 Å². The van der Waals surface area contributed by atoms with Crippen molar-refractivity contribution in [1.29, 1.82) is 0 Å². The van der Waals surface area contributed by atoms with Gasteiger partial charge in [0.05, 0.1) is 17.5 Å². The van der Waals surface area contributed by atoms with Gasteiger partial charge in [0, 0.05) is 33.1 Å². The number of para-hydroxylation sites is 1. The minimum absolute atomic E-state index is 0.0308. The van der Waals surface area contributed by atoms with Gasteiger partial charge in [0.25, 0.3) is 11.8 Å². The molecule has 1 aromatic carbocycles. The summed E-state index contributed by atoms with van der Waals surface area (Å²) in [5, 5.41) is 2.59. The molecule has 1 aliphatic heterocycles. The number of hydrogen-bond donors (Lipinski definition) is 1. The van der Waals surface area contributed by atoms with E-state index in [0.29, 0.717) is 26.2 Å². The Morgan fingerprint density at radius 1 is 1.00 bits per heavy atom. The Morgan fingerprint density at radius 2 is 1.69 bits per heavy atom. The van der Waals surface area contributed by atoms with Gasteiger partial charge in [-0.25, -0.2) is 4.79 Å². The largest absolute Gasteiger partial charge is 0.459 e. The van der Waals surface area contributed by atoms with E-state index in [-0.39, 0.29) is 28.8 Å². The molecule has 1 aromatic heterocycles. The number of nitrogens with one attached hydrogen (secondary N) is 1. The first-order chi connectivity index (χ1) is 14.0. The van der Waals surface area contributed by atoms with Crippen molar-refractivity contribution in [3.8, 4) is 0 Å². The number of carbonyl (C=O) groups is 4. The second kappa shape index (κ2) is 9.05. The summed E-state index contributed by atoms with van der Waals surface area (Å²) in [7, 11) is 0. The van der Waals surface area contributed by atoms with E-state index in [2.05, 4.69) is 5.32 Å². The molecular formula is C20H21N3O6. The predicted molar refractivity (Wildman–Crippen MR) is 102 cm³/mol. The molecule has 3 rings (SSSR count). The molecule has 1 fully saturated rings. The summed E-state index contributed by atoms with van der Waals surface area (Å²) in [6.45, 7) is 2.77. The normalized spacial score (nSPS) is 13.7. The molecule has 1 aliphatic rings. The van der Waals surface area contributed by atoms with E-state index in [1.165, 1.54) is 25.3 Å². The molecule has 0 saturated carbocycles. The van der Waals surface area contributed by atoms with E-state index in [1.54, 1.807) is 34.1 Å². The fraction of sp³-hybridized carbons (Fsp3) is 0.300. The van der Waals surface area contributed by atoms with Gasteiger partial charge in [-0.1, -0.05) is 12.1 Å². The van der Waals surface area contributed by atoms with Gasteiger partial charge >= 0.3 is 5.97 Å². The van der Waals surface area contributed by atoms with Crippen LogP contribution in [-0.4, -0.2) is 66.3 Å². The zero-order valence-corrected chi connectivity index (χ0v) is 15.9. The Labute approximate surface area is 167 Å². The van der Waals surface area contributed by atoms with Crippen molar-refractivity contribution in [1.82, 2.24) is 9.80 Å². The molecule has 9 nitrogen and oxygen atoms in total. The van der Waals surface area contributed by atoms with Crippen LogP contribution in [0, 0.1) is 0 Å². The molecule has 0 bridgehead atoms. The van der Waals surface area contributed by atoms with Crippen LogP contribution in [-0.2, 0) is 14.3 Å². The van der Waals surface area contributed by atoms with Gasteiger partial charge in [-0.05, 0) is 24.3 Å². The molecule has 2 aromatic rings. The third kappa shape index (κ3) is 5.01. The van der Waals surface area contributed by atoms with Gasteiger partial charge in [-0.15, -0.1) is 0 Å². The summed E-state index contributed by atoms with van der Waals surface area (Å²) in [4.78, 5) is 51.4. The van der Waals surface area contributed by atoms with E-state index in [9.17, 15) is 19.2 Å². The first kappa shape index (κ1) is 20.1. The SMILES string of the molecule is CC(=O)N1CCN(C(=O)COC(=O)c2ccccc2NC(=O)c2ccco2)CC1. The van der Waals surface area contributed by atoms with E-state index < -0.39 is 18.5 Å². The topological polar surface area (TPSA) is 109 Å². The van der Waals surface area contributed by atoms with Crippen molar-refractivity contribution >= 4 is 29.4 Å². The van der Waals surface area contributed by atoms with Crippen LogP contribution >= 0.6 is 0 Å². The van der Waals surface area contributed by atoms with Gasteiger partial charge in [0.1, 0.15) is 0 Å². The Balaban J connectivity index is 1.56. The van der Waals surface area contributed by atoms with Crippen molar-refractivity contribution in [2.24, 2.45) is 0 Å². The number of amides is 3. The maximum absolute atomic E-state index is 12.4. The molecule has 3 amide bonds. The molecule has 0 spiro atoms. The lowest BCUT2D eigenvalue weighted by Crippen LogP contribution is -2.51. The number of anilines is 1. The van der Waals surface area contributed by atoms with Crippen LogP contribution in [0.3, 0.4) is 0 Å². The van der Waals surface area contributed by atoms with Crippen LogP contribution in [0.15, 0.2) is 47.1 Å². The molecule has 0 radical (unpaired) electrons. The van der Waals surface area contributed by atoms with Crippen molar-refractivity contribution < 1.29 is 28.3 Å².